The van der Waals surface area contributed by atoms with Gasteiger partial charge in [0.25, 0.3) is 0 Å². The lowest BCUT2D eigenvalue weighted by molar-refractivity contribution is 0.111. The first-order chi connectivity index (χ1) is 8.78. The molecule has 0 unspecified atom stereocenters. The van der Waals surface area contributed by atoms with Crippen molar-refractivity contribution in [2.45, 2.75) is 18.6 Å². The van der Waals surface area contributed by atoms with Crippen LogP contribution in [0.5, 0.6) is 0 Å². The van der Waals surface area contributed by atoms with Crippen molar-refractivity contribution in [3.05, 3.63) is 23.9 Å². The molecule has 2 heterocycles. The van der Waals surface area contributed by atoms with Crippen molar-refractivity contribution in [3.63, 3.8) is 0 Å². The van der Waals surface area contributed by atoms with Crippen molar-refractivity contribution < 1.29 is 9.47 Å². The number of nitrogens with zero attached hydrogens (tertiary/aromatic N) is 3. The molecule has 1 saturated heterocycles. The van der Waals surface area contributed by atoms with Gasteiger partial charge < -0.3 is 14.4 Å². The van der Waals surface area contributed by atoms with Crippen LogP contribution in [-0.4, -0.2) is 44.5 Å². The molecule has 0 N–H and O–H groups in total. The highest BCUT2D eigenvalue weighted by molar-refractivity contribution is 5.44. The summed E-state index contributed by atoms with van der Waals surface area (Å²) in [5.74, 6) is 0.871. The highest BCUT2D eigenvalue weighted by Gasteiger charge is 2.32. The molecule has 0 spiro atoms. The van der Waals surface area contributed by atoms with Crippen LogP contribution in [0.3, 0.4) is 0 Å². The van der Waals surface area contributed by atoms with E-state index in [-0.39, 0.29) is 12.1 Å². The van der Waals surface area contributed by atoms with Gasteiger partial charge in [-0.1, -0.05) is 0 Å². The summed E-state index contributed by atoms with van der Waals surface area (Å²) in [4.78, 5) is 6.50. The first kappa shape index (κ1) is 12.8. The third-order valence-electron chi connectivity index (χ3n) is 3.24. The van der Waals surface area contributed by atoms with E-state index < -0.39 is 0 Å². The maximum Gasteiger partial charge on any atom is 0.128 e. The molecule has 1 aliphatic heterocycles. The Kier molecular flexibility index (Phi) is 4.13. The van der Waals surface area contributed by atoms with E-state index in [1.54, 1.807) is 26.5 Å². The Hall–Kier alpha value is -1.64. The largest absolute Gasteiger partial charge is 0.383 e. The summed E-state index contributed by atoms with van der Waals surface area (Å²) < 4.78 is 10.6. The van der Waals surface area contributed by atoms with Gasteiger partial charge in [0.15, 0.2) is 0 Å². The molecule has 1 aliphatic rings. The van der Waals surface area contributed by atoms with Crippen LogP contribution in [0.15, 0.2) is 18.3 Å². The topological polar surface area (TPSA) is 58.4 Å². The Morgan fingerprint density at radius 3 is 2.89 bits per heavy atom. The SMILES string of the molecule is COC[C@@H]1C[C@@H](OC)CN1c1ccc(C#N)cn1. The molecule has 0 aliphatic carbocycles. The Labute approximate surface area is 107 Å². The van der Waals surface area contributed by atoms with Gasteiger partial charge in [-0.25, -0.2) is 4.98 Å². The van der Waals surface area contributed by atoms with E-state index in [2.05, 4.69) is 16.0 Å². The summed E-state index contributed by atoms with van der Waals surface area (Å²) in [6.07, 6.45) is 2.74. The quantitative estimate of drug-likeness (QED) is 0.800. The highest BCUT2D eigenvalue weighted by atomic mass is 16.5. The molecule has 96 valence electrons. The predicted molar refractivity (Wildman–Crippen MR) is 67.4 cm³/mol. The summed E-state index contributed by atoms with van der Waals surface area (Å²) in [5.41, 5.74) is 0.574. The minimum Gasteiger partial charge on any atom is -0.383 e. The van der Waals surface area contributed by atoms with E-state index in [1.165, 1.54) is 0 Å². The van der Waals surface area contributed by atoms with Crippen molar-refractivity contribution in [3.8, 4) is 6.07 Å². The number of nitriles is 1. The number of pyridine rings is 1. The molecule has 5 nitrogen and oxygen atoms in total. The fourth-order valence-electron chi connectivity index (χ4n) is 2.30. The average Bonchev–Trinajstić information content (AvgIpc) is 2.82. The molecule has 5 heteroatoms. The van der Waals surface area contributed by atoms with Crippen molar-refractivity contribution in [2.75, 3.05) is 32.3 Å². The van der Waals surface area contributed by atoms with Gasteiger partial charge in [-0.15, -0.1) is 0 Å². The molecule has 1 aromatic rings. The smallest absolute Gasteiger partial charge is 0.128 e. The van der Waals surface area contributed by atoms with Gasteiger partial charge in [0.2, 0.25) is 0 Å². The predicted octanol–water partition coefficient (Wildman–Crippen LogP) is 1.19. The van der Waals surface area contributed by atoms with Gasteiger partial charge in [-0.05, 0) is 18.6 Å². The first-order valence-electron chi connectivity index (χ1n) is 5.93. The van der Waals surface area contributed by atoms with Gasteiger partial charge >= 0.3 is 0 Å². The number of anilines is 1. The summed E-state index contributed by atoms with van der Waals surface area (Å²) in [5, 5.41) is 8.77. The molecular formula is C13H17N3O2. The zero-order valence-electron chi connectivity index (χ0n) is 10.7. The zero-order valence-corrected chi connectivity index (χ0v) is 10.7. The summed E-state index contributed by atoms with van der Waals surface area (Å²) in [7, 11) is 3.43. The molecule has 2 rings (SSSR count). The molecule has 0 bridgehead atoms. The van der Waals surface area contributed by atoms with Crippen molar-refractivity contribution in [1.82, 2.24) is 4.98 Å². The monoisotopic (exact) mass is 247 g/mol. The number of hydrogen-bond donors (Lipinski definition) is 0. The summed E-state index contributed by atoms with van der Waals surface area (Å²) in [6, 6.07) is 6.01. The van der Waals surface area contributed by atoms with Crippen LogP contribution in [-0.2, 0) is 9.47 Å². The number of methoxy groups -OCH3 is 2. The second-order valence-corrected chi connectivity index (χ2v) is 4.37. The van der Waals surface area contributed by atoms with Crippen LogP contribution in [0, 0.1) is 11.3 Å². The molecule has 2 atom stereocenters. The lowest BCUT2D eigenvalue weighted by atomic mass is 10.2. The minimum atomic E-state index is 0.211. The molecule has 0 saturated carbocycles. The van der Waals surface area contributed by atoms with E-state index >= 15 is 0 Å². The Morgan fingerprint density at radius 2 is 2.33 bits per heavy atom. The Bertz CT molecular complexity index is 427. The fourth-order valence-corrected chi connectivity index (χ4v) is 2.30. The lowest BCUT2D eigenvalue weighted by Gasteiger charge is -2.24. The third kappa shape index (κ3) is 2.61. The molecule has 0 aromatic carbocycles. The number of aromatic nitrogens is 1. The van der Waals surface area contributed by atoms with Crippen LogP contribution < -0.4 is 4.90 Å². The van der Waals surface area contributed by atoms with Crippen LogP contribution in [0.25, 0.3) is 0 Å². The highest BCUT2D eigenvalue weighted by Crippen LogP contribution is 2.25. The number of hydrogen-bond acceptors (Lipinski definition) is 5. The maximum atomic E-state index is 8.77. The Balaban J connectivity index is 2.16. The molecular weight excluding hydrogens is 230 g/mol. The van der Waals surface area contributed by atoms with Crippen molar-refractivity contribution in [1.29, 1.82) is 5.26 Å². The molecule has 1 fully saturated rings. The van der Waals surface area contributed by atoms with E-state index in [1.807, 2.05) is 6.07 Å². The standard InChI is InChI=1S/C13H17N3O2/c1-17-9-11-5-12(18-2)8-16(11)13-4-3-10(6-14)7-15-13/h3-4,7,11-12H,5,8-9H2,1-2H3/t11-,12+/m0/s1. The van der Waals surface area contributed by atoms with E-state index in [0.29, 0.717) is 12.2 Å². The van der Waals surface area contributed by atoms with Gasteiger partial charge in [0.05, 0.1) is 24.3 Å². The van der Waals surface area contributed by atoms with Gasteiger partial charge in [-0.3, -0.25) is 0 Å². The van der Waals surface area contributed by atoms with E-state index in [4.69, 9.17) is 14.7 Å². The van der Waals surface area contributed by atoms with E-state index in [9.17, 15) is 0 Å². The second kappa shape index (κ2) is 5.80. The summed E-state index contributed by atoms with van der Waals surface area (Å²) >= 11 is 0. The van der Waals surface area contributed by atoms with Gasteiger partial charge in [-0.2, -0.15) is 5.26 Å². The number of rotatable bonds is 4. The normalized spacial score (nSPS) is 23.1. The van der Waals surface area contributed by atoms with Crippen LogP contribution in [0.2, 0.25) is 0 Å². The van der Waals surface area contributed by atoms with Crippen molar-refractivity contribution in [2.24, 2.45) is 0 Å². The molecule has 1 aromatic heterocycles. The van der Waals surface area contributed by atoms with Crippen LogP contribution in [0.1, 0.15) is 12.0 Å². The van der Waals surface area contributed by atoms with Crippen LogP contribution >= 0.6 is 0 Å². The average molecular weight is 247 g/mol. The Morgan fingerprint density at radius 1 is 1.50 bits per heavy atom. The second-order valence-electron chi connectivity index (χ2n) is 4.37. The number of ether oxygens (including phenoxy) is 2. The van der Waals surface area contributed by atoms with Gasteiger partial charge in [0, 0.05) is 27.0 Å². The zero-order chi connectivity index (χ0) is 13.0. The lowest BCUT2D eigenvalue weighted by Crippen LogP contribution is -2.33. The summed E-state index contributed by atoms with van der Waals surface area (Å²) in [6.45, 7) is 1.46. The van der Waals surface area contributed by atoms with Crippen molar-refractivity contribution >= 4 is 5.82 Å². The minimum absolute atomic E-state index is 0.211. The maximum absolute atomic E-state index is 8.77. The van der Waals surface area contributed by atoms with Crippen LogP contribution in [0.4, 0.5) is 5.82 Å². The first-order valence-corrected chi connectivity index (χ1v) is 5.93. The fraction of sp³-hybridized carbons (Fsp3) is 0.538. The van der Waals surface area contributed by atoms with Gasteiger partial charge in [0.1, 0.15) is 11.9 Å². The third-order valence-corrected chi connectivity index (χ3v) is 3.24. The molecule has 0 radical (unpaired) electrons. The van der Waals surface area contributed by atoms with E-state index in [0.717, 1.165) is 18.8 Å². The molecule has 18 heavy (non-hydrogen) atoms. The molecule has 0 amide bonds.